The Labute approximate surface area is 127 Å². The van der Waals surface area contributed by atoms with E-state index < -0.39 is 0 Å². The van der Waals surface area contributed by atoms with Gasteiger partial charge < -0.3 is 14.3 Å². The summed E-state index contributed by atoms with van der Waals surface area (Å²) < 4.78 is 11.6. The number of carbonyl (C=O) groups excluding carboxylic acids is 1. The summed E-state index contributed by atoms with van der Waals surface area (Å²) in [6.45, 7) is 5.58. The van der Waals surface area contributed by atoms with Crippen LogP contribution in [0.25, 0.3) is 0 Å². The van der Waals surface area contributed by atoms with Gasteiger partial charge in [-0.05, 0) is 23.8 Å². The van der Waals surface area contributed by atoms with E-state index in [9.17, 15) is 4.79 Å². The molecule has 3 atom stereocenters. The Bertz CT molecular complexity index is 441. The highest BCUT2D eigenvalue weighted by Crippen LogP contribution is 2.43. The van der Waals surface area contributed by atoms with Crippen LogP contribution in [0.3, 0.4) is 0 Å². The van der Waals surface area contributed by atoms with Gasteiger partial charge >= 0.3 is 0 Å². The molecule has 3 nitrogen and oxygen atoms in total. The first-order valence-electron chi connectivity index (χ1n) is 7.68. The van der Waals surface area contributed by atoms with Gasteiger partial charge in [-0.1, -0.05) is 44.2 Å². The van der Waals surface area contributed by atoms with Crippen molar-refractivity contribution in [2.45, 2.75) is 39.4 Å². The predicted molar refractivity (Wildman–Crippen MR) is 83.0 cm³/mol. The fourth-order valence-electron chi connectivity index (χ4n) is 3.46. The van der Waals surface area contributed by atoms with Crippen molar-refractivity contribution in [1.29, 1.82) is 0 Å². The summed E-state index contributed by atoms with van der Waals surface area (Å²) in [5.41, 5.74) is 1.25. The molecular formula is C18H26O3. The largest absolute Gasteiger partial charge is 0.380 e. The first-order chi connectivity index (χ1) is 10.1. The van der Waals surface area contributed by atoms with Crippen LogP contribution in [0.5, 0.6) is 0 Å². The molecule has 1 saturated carbocycles. The van der Waals surface area contributed by atoms with Gasteiger partial charge in [-0.3, -0.25) is 0 Å². The Balaban J connectivity index is 1.98. The number of hydrogen-bond donors (Lipinski definition) is 0. The number of ether oxygens (including phenoxy) is 2. The van der Waals surface area contributed by atoms with Gasteiger partial charge in [0.2, 0.25) is 0 Å². The maximum absolute atomic E-state index is 11.4. The molecule has 0 amide bonds. The minimum Gasteiger partial charge on any atom is -0.380 e. The van der Waals surface area contributed by atoms with Gasteiger partial charge in [-0.25, -0.2) is 0 Å². The molecule has 0 spiro atoms. The molecule has 21 heavy (non-hydrogen) atoms. The van der Waals surface area contributed by atoms with Crippen LogP contribution in [-0.2, 0) is 20.9 Å². The third-order valence-corrected chi connectivity index (χ3v) is 4.68. The normalized spacial score (nSPS) is 28.2. The van der Waals surface area contributed by atoms with E-state index in [0.29, 0.717) is 13.2 Å². The molecule has 0 bridgehead atoms. The molecule has 0 aliphatic heterocycles. The number of hydrogen-bond acceptors (Lipinski definition) is 3. The van der Waals surface area contributed by atoms with Crippen LogP contribution in [-0.4, -0.2) is 26.1 Å². The van der Waals surface area contributed by atoms with Gasteiger partial charge in [-0.2, -0.15) is 0 Å². The number of rotatable bonds is 6. The highest BCUT2D eigenvalue weighted by Gasteiger charge is 2.44. The van der Waals surface area contributed by atoms with Crippen molar-refractivity contribution >= 4 is 6.29 Å². The Kier molecular flexibility index (Phi) is 5.54. The van der Waals surface area contributed by atoms with E-state index in [-0.39, 0.29) is 23.4 Å². The summed E-state index contributed by atoms with van der Waals surface area (Å²) in [4.78, 5) is 11.4. The zero-order chi connectivity index (χ0) is 15.3. The van der Waals surface area contributed by atoms with Gasteiger partial charge in [0, 0.05) is 18.9 Å². The minimum atomic E-state index is 0.0405. The average Bonchev–Trinajstić information content (AvgIpc) is 2.48. The lowest BCUT2D eigenvalue weighted by Gasteiger charge is -2.45. The molecule has 0 saturated heterocycles. The zero-order valence-electron chi connectivity index (χ0n) is 13.2. The van der Waals surface area contributed by atoms with E-state index in [2.05, 4.69) is 26.0 Å². The maximum Gasteiger partial charge on any atom is 0.123 e. The Hall–Kier alpha value is -1.19. The second-order valence-corrected chi connectivity index (χ2v) is 6.65. The molecular weight excluding hydrogens is 264 g/mol. The molecule has 2 rings (SSSR count). The summed E-state index contributed by atoms with van der Waals surface area (Å²) in [5, 5.41) is 0. The van der Waals surface area contributed by atoms with E-state index in [1.807, 2.05) is 18.2 Å². The number of benzene rings is 1. The molecule has 0 radical (unpaired) electrons. The van der Waals surface area contributed by atoms with E-state index in [0.717, 1.165) is 24.7 Å². The monoisotopic (exact) mass is 290 g/mol. The molecule has 3 heteroatoms. The second-order valence-electron chi connectivity index (χ2n) is 6.65. The number of aldehydes is 1. The second kappa shape index (κ2) is 7.19. The standard InChI is InChI=1S/C18H26O3/c1-18(2)10-9-15(11-19)16(17(18)20-3)13-21-12-14-7-5-4-6-8-14/h4-8,11,15-17H,9-10,12-13H2,1-3H3/t15-,16-,17+/m0/s1. The Morgan fingerprint density at radius 2 is 2.00 bits per heavy atom. The van der Waals surface area contributed by atoms with Crippen molar-refractivity contribution < 1.29 is 14.3 Å². The van der Waals surface area contributed by atoms with E-state index in [1.54, 1.807) is 7.11 Å². The molecule has 1 aromatic rings. The fraction of sp³-hybridized carbons (Fsp3) is 0.611. The van der Waals surface area contributed by atoms with Crippen LogP contribution >= 0.6 is 0 Å². The molecule has 0 heterocycles. The third-order valence-electron chi connectivity index (χ3n) is 4.68. The van der Waals surface area contributed by atoms with Crippen LogP contribution in [0.1, 0.15) is 32.3 Å². The molecule has 0 unspecified atom stereocenters. The third kappa shape index (κ3) is 3.92. The van der Waals surface area contributed by atoms with Gasteiger partial charge in [-0.15, -0.1) is 0 Å². The minimum absolute atomic E-state index is 0.0405. The van der Waals surface area contributed by atoms with Gasteiger partial charge in [0.25, 0.3) is 0 Å². The van der Waals surface area contributed by atoms with Crippen LogP contribution < -0.4 is 0 Å². The lowest BCUT2D eigenvalue weighted by Crippen LogP contribution is -2.47. The van der Waals surface area contributed by atoms with Crippen molar-refractivity contribution in [2.24, 2.45) is 17.3 Å². The molecule has 0 N–H and O–H groups in total. The number of methoxy groups -OCH3 is 1. The van der Waals surface area contributed by atoms with Gasteiger partial charge in [0.15, 0.2) is 0 Å². The first-order valence-corrected chi connectivity index (χ1v) is 7.68. The van der Waals surface area contributed by atoms with Gasteiger partial charge in [0.05, 0.1) is 19.3 Å². The topological polar surface area (TPSA) is 35.5 Å². The predicted octanol–water partition coefficient (Wildman–Crippen LogP) is 3.47. The summed E-state index contributed by atoms with van der Waals surface area (Å²) in [6.07, 6.45) is 3.09. The molecule has 116 valence electrons. The molecule has 1 fully saturated rings. The van der Waals surface area contributed by atoms with Crippen LogP contribution in [0, 0.1) is 17.3 Å². The molecule has 1 aromatic carbocycles. The quantitative estimate of drug-likeness (QED) is 0.753. The SMILES string of the molecule is CO[C@@H]1[C@@H](COCc2ccccc2)[C@H](C=O)CCC1(C)C. The maximum atomic E-state index is 11.4. The van der Waals surface area contributed by atoms with Gasteiger partial charge in [0.1, 0.15) is 6.29 Å². The lowest BCUT2D eigenvalue weighted by atomic mass is 9.65. The number of carbonyl (C=O) groups is 1. The lowest BCUT2D eigenvalue weighted by molar-refractivity contribution is -0.132. The highest BCUT2D eigenvalue weighted by molar-refractivity contribution is 5.54. The molecule has 1 aliphatic rings. The zero-order valence-corrected chi connectivity index (χ0v) is 13.2. The van der Waals surface area contributed by atoms with E-state index in [1.165, 1.54) is 0 Å². The van der Waals surface area contributed by atoms with Crippen molar-refractivity contribution in [3.05, 3.63) is 35.9 Å². The van der Waals surface area contributed by atoms with Crippen molar-refractivity contribution in [3.63, 3.8) is 0 Å². The van der Waals surface area contributed by atoms with Crippen molar-refractivity contribution in [3.8, 4) is 0 Å². The van der Waals surface area contributed by atoms with Crippen molar-refractivity contribution in [2.75, 3.05) is 13.7 Å². The molecule has 0 aromatic heterocycles. The van der Waals surface area contributed by atoms with Crippen LogP contribution in [0.2, 0.25) is 0 Å². The van der Waals surface area contributed by atoms with E-state index >= 15 is 0 Å². The summed E-state index contributed by atoms with van der Waals surface area (Å²) >= 11 is 0. The van der Waals surface area contributed by atoms with Crippen LogP contribution in [0.15, 0.2) is 30.3 Å². The summed E-state index contributed by atoms with van der Waals surface area (Å²) in [5.74, 6) is 0.179. The highest BCUT2D eigenvalue weighted by atomic mass is 16.5. The Morgan fingerprint density at radius 3 is 2.62 bits per heavy atom. The van der Waals surface area contributed by atoms with E-state index in [4.69, 9.17) is 9.47 Å². The summed E-state index contributed by atoms with van der Waals surface area (Å²) in [6, 6.07) is 10.1. The van der Waals surface area contributed by atoms with Crippen molar-refractivity contribution in [1.82, 2.24) is 0 Å². The van der Waals surface area contributed by atoms with Crippen LogP contribution in [0.4, 0.5) is 0 Å². The first kappa shape index (κ1) is 16.2. The summed E-state index contributed by atoms with van der Waals surface area (Å²) in [7, 11) is 1.74. The molecule has 1 aliphatic carbocycles. The Morgan fingerprint density at radius 1 is 1.29 bits per heavy atom. The average molecular weight is 290 g/mol. The smallest absolute Gasteiger partial charge is 0.123 e. The fourth-order valence-corrected chi connectivity index (χ4v) is 3.46.